The highest BCUT2D eigenvalue weighted by molar-refractivity contribution is 5.29. The van der Waals surface area contributed by atoms with Crippen molar-refractivity contribution in [2.45, 2.75) is 25.5 Å². The predicted octanol–water partition coefficient (Wildman–Crippen LogP) is 2.96. The number of aliphatic hydroxyl groups is 1. The van der Waals surface area contributed by atoms with Gasteiger partial charge in [0.1, 0.15) is 11.5 Å². The van der Waals surface area contributed by atoms with Gasteiger partial charge in [-0.3, -0.25) is 0 Å². The molecule has 0 saturated heterocycles. The molecule has 0 fully saturated rings. The summed E-state index contributed by atoms with van der Waals surface area (Å²) in [6, 6.07) is 15.8. The molecule has 23 heavy (non-hydrogen) atoms. The lowest BCUT2D eigenvalue weighted by atomic mass is 10.1. The van der Waals surface area contributed by atoms with Gasteiger partial charge in [0, 0.05) is 12.6 Å². The number of nitrogens with one attached hydrogen (secondary N) is 1. The Balaban J connectivity index is 1.81. The molecule has 0 amide bonds. The van der Waals surface area contributed by atoms with Crippen LogP contribution in [0.1, 0.15) is 24.2 Å². The largest absolute Gasteiger partial charge is 0.497 e. The van der Waals surface area contributed by atoms with Gasteiger partial charge in [0.05, 0.1) is 20.3 Å². The van der Waals surface area contributed by atoms with Gasteiger partial charge >= 0.3 is 0 Å². The number of aliphatic hydroxyl groups excluding tert-OH is 1. The summed E-state index contributed by atoms with van der Waals surface area (Å²) in [6.45, 7) is 2.63. The highest BCUT2D eigenvalue weighted by Gasteiger charge is 2.10. The van der Waals surface area contributed by atoms with Crippen molar-refractivity contribution < 1.29 is 14.6 Å². The average Bonchev–Trinajstić information content (AvgIpc) is 2.60. The summed E-state index contributed by atoms with van der Waals surface area (Å²) in [4.78, 5) is 0. The van der Waals surface area contributed by atoms with E-state index in [2.05, 4.69) is 24.4 Å². The van der Waals surface area contributed by atoms with Crippen molar-refractivity contribution in [1.82, 2.24) is 5.32 Å². The van der Waals surface area contributed by atoms with Crippen LogP contribution >= 0.6 is 0 Å². The molecule has 0 radical (unpaired) electrons. The van der Waals surface area contributed by atoms with E-state index >= 15 is 0 Å². The molecule has 0 aliphatic heterocycles. The zero-order valence-corrected chi connectivity index (χ0v) is 14.0. The number of methoxy groups -OCH3 is 2. The van der Waals surface area contributed by atoms with Gasteiger partial charge in [-0.25, -0.2) is 0 Å². The Bertz CT molecular complexity index is 581. The van der Waals surface area contributed by atoms with E-state index in [-0.39, 0.29) is 6.04 Å². The van der Waals surface area contributed by atoms with E-state index in [9.17, 15) is 5.11 Å². The van der Waals surface area contributed by atoms with Crippen molar-refractivity contribution in [2.75, 3.05) is 20.8 Å². The van der Waals surface area contributed by atoms with Crippen molar-refractivity contribution >= 4 is 0 Å². The quantitative estimate of drug-likeness (QED) is 0.786. The predicted molar refractivity (Wildman–Crippen MR) is 92.1 cm³/mol. The first kappa shape index (κ1) is 17.3. The molecule has 0 spiro atoms. The Kier molecular flexibility index (Phi) is 6.44. The van der Waals surface area contributed by atoms with E-state index in [4.69, 9.17) is 9.47 Å². The lowest BCUT2D eigenvalue weighted by Gasteiger charge is -2.18. The molecule has 0 heterocycles. The van der Waals surface area contributed by atoms with Crippen molar-refractivity contribution in [2.24, 2.45) is 0 Å². The molecule has 4 nitrogen and oxygen atoms in total. The van der Waals surface area contributed by atoms with E-state index in [1.54, 1.807) is 14.2 Å². The topological polar surface area (TPSA) is 50.7 Å². The minimum absolute atomic E-state index is 0.274. The molecule has 0 bridgehead atoms. The minimum Gasteiger partial charge on any atom is -0.497 e. The molecule has 0 saturated carbocycles. The summed E-state index contributed by atoms with van der Waals surface area (Å²) in [5, 5.41) is 13.6. The monoisotopic (exact) mass is 315 g/mol. The van der Waals surface area contributed by atoms with Crippen LogP contribution in [0, 0.1) is 0 Å². The van der Waals surface area contributed by atoms with Gasteiger partial charge in [-0.1, -0.05) is 24.3 Å². The van der Waals surface area contributed by atoms with Gasteiger partial charge in [-0.05, 0) is 48.7 Å². The smallest absolute Gasteiger partial charge is 0.118 e. The van der Waals surface area contributed by atoms with Gasteiger partial charge in [-0.2, -0.15) is 0 Å². The Labute approximate surface area is 138 Å². The SMILES string of the molecule is COc1ccc(CC(C)NCC(O)c2ccc(OC)cc2)cc1. The zero-order chi connectivity index (χ0) is 16.7. The van der Waals surface area contributed by atoms with Crippen molar-refractivity contribution in [3.05, 3.63) is 59.7 Å². The maximum atomic E-state index is 10.2. The molecule has 0 aromatic heterocycles. The normalized spacial score (nSPS) is 13.4. The fourth-order valence-corrected chi connectivity index (χ4v) is 2.44. The fourth-order valence-electron chi connectivity index (χ4n) is 2.44. The molecular weight excluding hydrogens is 290 g/mol. The maximum Gasteiger partial charge on any atom is 0.118 e. The third kappa shape index (κ3) is 5.27. The highest BCUT2D eigenvalue weighted by atomic mass is 16.5. The third-order valence-corrected chi connectivity index (χ3v) is 3.86. The molecule has 0 aliphatic carbocycles. The molecule has 2 unspecified atom stereocenters. The second-order valence-corrected chi connectivity index (χ2v) is 5.65. The second-order valence-electron chi connectivity index (χ2n) is 5.65. The molecule has 2 N–H and O–H groups in total. The summed E-state index contributed by atoms with van der Waals surface area (Å²) >= 11 is 0. The molecule has 2 aromatic carbocycles. The molecule has 2 atom stereocenters. The summed E-state index contributed by atoms with van der Waals surface area (Å²) in [7, 11) is 3.30. The Morgan fingerprint density at radius 2 is 1.43 bits per heavy atom. The number of hydrogen-bond acceptors (Lipinski definition) is 4. The van der Waals surface area contributed by atoms with E-state index in [0.717, 1.165) is 23.5 Å². The Hall–Kier alpha value is -2.04. The molecule has 0 aliphatic rings. The van der Waals surface area contributed by atoms with Crippen LogP contribution in [0.15, 0.2) is 48.5 Å². The number of benzene rings is 2. The van der Waals surface area contributed by atoms with Crippen molar-refractivity contribution in [3.63, 3.8) is 0 Å². The lowest BCUT2D eigenvalue weighted by molar-refractivity contribution is 0.170. The van der Waals surface area contributed by atoms with Crippen LogP contribution in [0.5, 0.6) is 11.5 Å². The van der Waals surface area contributed by atoms with Gasteiger partial charge in [0.2, 0.25) is 0 Å². The fraction of sp³-hybridized carbons (Fsp3) is 0.368. The number of ether oxygens (including phenoxy) is 2. The maximum absolute atomic E-state index is 10.2. The first-order chi connectivity index (χ1) is 11.1. The van der Waals surface area contributed by atoms with E-state index in [0.29, 0.717) is 6.54 Å². The number of hydrogen-bond donors (Lipinski definition) is 2. The van der Waals surface area contributed by atoms with Crippen molar-refractivity contribution in [3.8, 4) is 11.5 Å². The van der Waals surface area contributed by atoms with Crippen LogP contribution in [-0.4, -0.2) is 31.9 Å². The van der Waals surface area contributed by atoms with Gasteiger partial charge in [-0.15, -0.1) is 0 Å². The Morgan fingerprint density at radius 1 is 0.913 bits per heavy atom. The summed E-state index contributed by atoms with van der Waals surface area (Å²) in [5.74, 6) is 1.66. The standard InChI is InChI=1S/C19H25NO3/c1-14(12-15-4-8-17(22-2)9-5-15)20-13-19(21)16-6-10-18(23-3)11-7-16/h4-11,14,19-21H,12-13H2,1-3H3. The van der Waals surface area contributed by atoms with Gasteiger partial charge in [0.15, 0.2) is 0 Å². The Morgan fingerprint density at radius 3 is 1.96 bits per heavy atom. The van der Waals surface area contributed by atoms with Crippen LogP contribution in [0.2, 0.25) is 0 Å². The third-order valence-electron chi connectivity index (χ3n) is 3.86. The van der Waals surface area contributed by atoms with Crippen molar-refractivity contribution in [1.29, 1.82) is 0 Å². The van der Waals surface area contributed by atoms with E-state index < -0.39 is 6.10 Å². The first-order valence-electron chi connectivity index (χ1n) is 7.80. The highest BCUT2D eigenvalue weighted by Crippen LogP contribution is 2.17. The summed E-state index contributed by atoms with van der Waals surface area (Å²) in [5.41, 5.74) is 2.12. The lowest BCUT2D eigenvalue weighted by Crippen LogP contribution is -2.32. The minimum atomic E-state index is -0.528. The van der Waals surface area contributed by atoms with Crippen LogP contribution in [0.25, 0.3) is 0 Å². The molecule has 124 valence electrons. The van der Waals surface area contributed by atoms with Crippen LogP contribution < -0.4 is 14.8 Å². The summed E-state index contributed by atoms with van der Waals surface area (Å²) < 4.78 is 10.3. The first-order valence-corrected chi connectivity index (χ1v) is 7.80. The number of rotatable bonds is 8. The van der Waals surface area contributed by atoms with Gasteiger partial charge in [0.25, 0.3) is 0 Å². The molecule has 2 aromatic rings. The summed E-state index contributed by atoms with van der Waals surface area (Å²) in [6.07, 6.45) is 0.374. The van der Waals surface area contributed by atoms with Crippen LogP contribution in [-0.2, 0) is 6.42 Å². The van der Waals surface area contributed by atoms with Crippen LogP contribution in [0.4, 0.5) is 0 Å². The molecule has 4 heteroatoms. The zero-order valence-electron chi connectivity index (χ0n) is 14.0. The molecular formula is C19H25NO3. The van der Waals surface area contributed by atoms with Gasteiger partial charge < -0.3 is 19.9 Å². The van der Waals surface area contributed by atoms with E-state index in [1.165, 1.54) is 5.56 Å². The van der Waals surface area contributed by atoms with E-state index in [1.807, 2.05) is 36.4 Å². The van der Waals surface area contributed by atoms with Crippen LogP contribution in [0.3, 0.4) is 0 Å². The molecule has 2 rings (SSSR count). The second kappa shape index (κ2) is 8.56. The average molecular weight is 315 g/mol.